The molecule has 0 atom stereocenters. The predicted octanol–water partition coefficient (Wildman–Crippen LogP) is 3.58. The summed E-state index contributed by atoms with van der Waals surface area (Å²) in [6, 6.07) is 1.09. The second kappa shape index (κ2) is 8.94. The Labute approximate surface area is 162 Å². The number of rotatable bonds is 2. The molecule has 2 heterocycles. The largest absolute Gasteiger partial charge is 0.619 e. The van der Waals surface area contributed by atoms with Gasteiger partial charge in [-0.3, -0.25) is 0 Å². The highest BCUT2D eigenvalue weighted by atomic mass is 35.5. The van der Waals surface area contributed by atoms with Crippen LogP contribution in [0, 0.1) is 5.21 Å². The first kappa shape index (κ1) is 23.9. The predicted molar refractivity (Wildman–Crippen MR) is 83.0 cm³/mol. The third-order valence-electron chi connectivity index (χ3n) is 3.07. The van der Waals surface area contributed by atoms with Crippen molar-refractivity contribution in [3.8, 4) is 0 Å². The molecule has 158 valence electrons. The maximum atomic E-state index is 12.4. The van der Waals surface area contributed by atoms with Gasteiger partial charge in [0.05, 0.1) is 18.2 Å². The van der Waals surface area contributed by atoms with E-state index in [1.807, 2.05) is 0 Å². The first-order valence-corrected chi connectivity index (χ1v) is 7.41. The van der Waals surface area contributed by atoms with Gasteiger partial charge in [-0.25, -0.2) is 14.6 Å². The summed E-state index contributed by atoms with van der Waals surface area (Å²) in [4.78, 5) is 24.8. The van der Waals surface area contributed by atoms with Crippen LogP contribution in [0.2, 0.25) is 5.15 Å². The van der Waals surface area contributed by atoms with Crippen LogP contribution in [0.5, 0.6) is 0 Å². The average Bonchev–Trinajstić information content (AvgIpc) is 2.59. The average molecular weight is 447 g/mol. The minimum absolute atomic E-state index is 0.00130. The molecule has 0 aliphatic carbocycles. The van der Waals surface area contributed by atoms with Crippen molar-refractivity contribution in [1.82, 2.24) is 4.98 Å². The van der Waals surface area contributed by atoms with Gasteiger partial charge in [0.15, 0.2) is 12.4 Å². The van der Waals surface area contributed by atoms with Crippen LogP contribution >= 0.6 is 11.6 Å². The molecule has 2 rings (SSSR count). The van der Waals surface area contributed by atoms with Crippen LogP contribution in [0.15, 0.2) is 30.7 Å². The van der Waals surface area contributed by atoms with Crippen LogP contribution in [-0.4, -0.2) is 29.1 Å². The number of ether oxygens (including phenoxy) is 1. The van der Waals surface area contributed by atoms with Crippen molar-refractivity contribution < 1.29 is 50.5 Å². The number of pyridine rings is 2. The number of carbonyl (C=O) groups excluding carboxylic acids is 1. The SMILES string of the molecule is COC(=O)c1c(C(F)(F)F)ccnc1Cl.O=C(O)c1c[n+]([O-])ccc1C(F)(F)F. The summed E-state index contributed by atoms with van der Waals surface area (Å²) in [7, 11) is 0.964. The van der Waals surface area contributed by atoms with E-state index in [2.05, 4.69) is 9.72 Å². The minimum atomic E-state index is -4.78. The zero-order valence-electron chi connectivity index (χ0n) is 14.0. The van der Waals surface area contributed by atoms with E-state index in [4.69, 9.17) is 16.7 Å². The number of carboxylic acid groups (broad SMARTS) is 1. The van der Waals surface area contributed by atoms with E-state index in [0.29, 0.717) is 24.5 Å². The molecule has 0 fully saturated rings. The molecule has 0 saturated carbocycles. The summed E-state index contributed by atoms with van der Waals surface area (Å²) in [5.74, 6) is -2.96. The Hall–Kier alpha value is -3.09. The quantitative estimate of drug-likeness (QED) is 0.249. The normalized spacial score (nSPS) is 11.3. The summed E-state index contributed by atoms with van der Waals surface area (Å²) in [6.45, 7) is 0. The number of nitrogens with zero attached hydrogens (tertiary/aromatic N) is 2. The molecule has 2 aromatic rings. The Morgan fingerprint density at radius 1 is 1.14 bits per heavy atom. The van der Waals surface area contributed by atoms with Gasteiger partial charge in [0.2, 0.25) is 0 Å². The van der Waals surface area contributed by atoms with Gasteiger partial charge in [0, 0.05) is 12.3 Å². The molecule has 0 amide bonds. The second-order valence-electron chi connectivity index (χ2n) is 4.95. The monoisotopic (exact) mass is 446 g/mol. The molecule has 0 spiro atoms. The molecule has 0 saturated heterocycles. The van der Waals surface area contributed by atoms with Crippen molar-refractivity contribution in [3.05, 3.63) is 63.3 Å². The number of alkyl halides is 6. The smallest absolute Gasteiger partial charge is 0.417 e. The molecule has 14 heteroatoms. The van der Waals surface area contributed by atoms with E-state index in [-0.39, 0.29) is 4.73 Å². The maximum absolute atomic E-state index is 12.4. The van der Waals surface area contributed by atoms with Gasteiger partial charge in [-0.15, -0.1) is 0 Å². The van der Waals surface area contributed by atoms with Gasteiger partial charge in [0.25, 0.3) is 0 Å². The molecule has 0 aromatic carbocycles. The van der Waals surface area contributed by atoms with Crippen molar-refractivity contribution in [2.75, 3.05) is 7.11 Å². The van der Waals surface area contributed by atoms with E-state index in [1.54, 1.807) is 0 Å². The van der Waals surface area contributed by atoms with E-state index >= 15 is 0 Å². The Balaban J connectivity index is 0.000000291. The fraction of sp³-hybridized carbons (Fsp3) is 0.200. The van der Waals surface area contributed by atoms with E-state index in [1.165, 1.54) is 0 Å². The van der Waals surface area contributed by atoms with Crippen LogP contribution in [0.3, 0.4) is 0 Å². The molecule has 0 bridgehead atoms. The van der Waals surface area contributed by atoms with Crippen molar-refractivity contribution >= 4 is 23.5 Å². The van der Waals surface area contributed by atoms with Gasteiger partial charge in [-0.1, -0.05) is 11.6 Å². The molecule has 2 aromatic heterocycles. The highest BCUT2D eigenvalue weighted by molar-refractivity contribution is 6.32. The van der Waals surface area contributed by atoms with Gasteiger partial charge < -0.3 is 15.1 Å². The Kier molecular flexibility index (Phi) is 7.38. The molecular formula is C15H9ClF6N2O5. The summed E-state index contributed by atoms with van der Waals surface area (Å²) >= 11 is 5.40. The van der Waals surface area contributed by atoms with Crippen molar-refractivity contribution in [2.45, 2.75) is 12.4 Å². The number of hydrogen-bond acceptors (Lipinski definition) is 5. The Bertz CT molecular complexity index is 917. The van der Waals surface area contributed by atoms with Crippen LogP contribution in [0.25, 0.3) is 0 Å². The van der Waals surface area contributed by atoms with Gasteiger partial charge >= 0.3 is 24.3 Å². The zero-order valence-corrected chi connectivity index (χ0v) is 14.8. The van der Waals surface area contributed by atoms with Crippen LogP contribution in [0.4, 0.5) is 26.3 Å². The standard InChI is InChI=1S/C8H5ClF3NO2.C7H4F3NO3/c1-15-7(14)5-4(8(10,11)12)2-3-13-6(5)9;8-7(9,10)5-1-2-11(14)3-4(5)6(12)13/h2-3H,1H3;1-3H,(H,12,13). The molecule has 7 nitrogen and oxygen atoms in total. The van der Waals surface area contributed by atoms with Crippen molar-refractivity contribution in [3.63, 3.8) is 0 Å². The van der Waals surface area contributed by atoms with Crippen LogP contribution < -0.4 is 4.73 Å². The van der Waals surface area contributed by atoms with Crippen LogP contribution in [-0.2, 0) is 17.1 Å². The molecule has 0 aliphatic heterocycles. The third kappa shape index (κ3) is 6.20. The fourth-order valence-corrected chi connectivity index (χ4v) is 2.10. The van der Waals surface area contributed by atoms with Crippen molar-refractivity contribution in [1.29, 1.82) is 0 Å². The lowest BCUT2D eigenvalue weighted by Gasteiger charge is -2.11. The number of halogens is 7. The van der Waals surface area contributed by atoms with Gasteiger partial charge in [0.1, 0.15) is 16.3 Å². The lowest BCUT2D eigenvalue weighted by Crippen LogP contribution is -2.28. The number of carbonyl (C=O) groups is 2. The van der Waals surface area contributed by atoms with E-state index < -0.39 is 51.7 Å². The second-order valence-corrected chi connectivity index (χ2v) is 5.31. The topological polar surface area (TPSA) is 103 Å². The Morgan fingerprint density at radius 3 is 2.14 bits per heavy atom. The Morgan fingerprint density at radius 2 is 1.69 bits per heavy atom. The number of aromatic carboxylic acids is 1. The van der Waals surface area contributed by atoms with E-state index in [0.717, 1.165) is 13.3 Å². The lowest BCUT2D eigenvalue weighted by atomic mass is 10.1. The maximum Gasteiger partial charge on any atom is 0.417 e. The van der Waals surface area contributed by atoms with Gasteiger partial charge in [-0.05, 0) is 6.07 Å². The third-order valence-corrected chi connectivity index (χ3v) is 3.36. The molecule has 29 heavy (non-hydrogen) atoms. The lowest BCUT2D eigenvalue weighted by molar-refractivity contribution is -0.605. The number of carboxylic acids is 1. The van der Waals surface area contributed by atoms with Crippen molar-refractivity contribution in [2.24, 2.45) is 0 Å². The summed E-state index contributed by atoms with van der Waals surface area (Å²) in [5, 5.41) is 18.4. The molecular weight excluding hydrogens is 438 g/mol. The highest BCUT2D eigenvalue weighted by Gasteiger charge is 2.38. The summed E-state index contributed by atoms with van der Waals surface area (Å²) in [5.41, 5.74) is -4.32. The molecule has 1 N–H and O–H groups in total. The molecule has 0 unspecified atom stereocenters. The first-order valence-electron chi connectivity index (χ1n) is 7.03. The minimum Gasteiger partial charge on any atom is -0.619 e. The summed E-state index contributed by atoms with van der Waals surface area (Å²) in [6.07, 6.45) is -7.61. The summed E-state index contributed by atoms with van der Waals surface area (Å²) < 4.78 is 78.0. The van der Waals surface area contributed by atoms with E-state index in [9.17, 15) is 41.1 Å². The molecule has 0 aliphatic rings. The van der Waals surface area contributed by atoms with Crippen LogP contribution in [0.1, 0.15) is 31.8 Å². The highest BCUT2D eigenvalue weighted by Crippen LogP contribution is 2.34. The fourth-order valence-electron chi connectivity index (χ4n) is 1.86. The number of esters is 1. The number of hydrogen-bond donors (Lipinski definition) is 1. The molecule has 0 radical (unpaired) electrons. The number of aromatic nitrogens is 2. The zero-order chi connectivity index (χ0) is 22.6. The van der Waals surface area contributed by atoms with Gasteiger partial charge in [-0.2, -0.15) is 31.1 Å². The first-order chi connectivity index (χ1) is 13.2. The number of methoxy groups -OCH3 is 1.